The zero-order chi connectivity index (χ0) is 22.6. The number of carbonyl (C=O) groups excluding carboxylic acids is 2. The first kappa shape index (κ1) is 21.8. The summed E-state index contributed by atoms with van der Waals surface area (Å²) in [6, 6.07) is 2.33. The van der Waals surface area contributed by atoms with Crippen molar-refractivity contribution in [2.45, 2.75) is 50.3 Å². The van der Waals surface area contributed by atoms with Crippen LogP contribution >= 0.6 is 0 Å². The van der Waals surface area contributed by atoms with Gasteiger partial charge in [-0.1, -0.05) is 5.57 Å². The van der Waals surface area contributed by atoms with Crippen LogP contribution in [0.25, 0.3) is 0 Å². The van der Waals surface area contributed by atoms with Gasteiger partial charge in [-0.3, -0.25) is 4.79 Å². The van der Waals surface area contributed by atoms with Crippen molar-refractivity contribution in [1.29, 1.82) is 0 Å². The van der Waals surface area contributed by atoms with Crippen LogP contribution in [0.3, 0.4) is 0 Å². The normalized spacial score (nSPS) is 35.0. The van der Waals surface area contributed by atoms with Gasteiger partial charge >= 0.3 is 5.97 Å². The molecule has 2 fully saturated rings. The molecule has 1 spiro atoms. The number of hydrogen-bond acceptors (Lipinski definition) is 9. The minimum atomic E-state index is -1.97. The number of fused-ring (bicyclic) bond motifs is 1. The highest BCUT2D eigenvalue weighted by molar-refractivity contribution is 6.00. The molecule has 5 atom stereocenters. The standard InChI is InChI=1S/C22H26O9/c1-11-4-13(23)6-16(24)18(11)20(26)31-19-15-10-30-22(8-14(28-3)9-29-22)7-12(15)5-17(25)21(19,2)27/h4-6,14-15,19,23-24,27H,7-10H2,1-3H3. The highest BCUT2D eigenvalue weighted by atomic mass is 16.7. The van der Waals surface area contributed by atoms with Crippen molar-refractivity contribution in [3.05, 3.63) is 34.9 Å². The van der Waals surface area contributed by atoms with Gasteiger partial charge in [0.2, 0.25) is 0 Å². The zero-order valence-corrected chi connectivity index (χ0v) is 17.6. The SMILES string of the molecule is COC1COC2(CC3=CC(=O)C(C)(O)C(OC(=O)c4c(C)cc(O)cc4O)C3CO2)C1. The van der Waals surface area contributed by atoms with Crippen LogP contribution in [0.4, 0.5) is 0 Å². The molecule has 1 aliphatic carbocycles. The van der Waals surface area contributed by atoms with E-state index < -0.39 is 40.9 Å². The second kappa shape index (κ2) is 7.59. The van der Waals surface area contributed by atoms with Gasteiger partial charge in [0, 0.05) is 31.9 Å². The first-order chi connectivity index (χ1) is 14.6. The molecule has 2 saturated heterocycles. The van der Waals surface area contributed by atoms with E-state index in [1.165, 1.54) is 26.0 Å². The lowest BCUT2D eigenvalue weighted by atomic mass is 9.72. The molecule has 3 N–H and O–H groups in total. The molecule has 5 unspecified atom stereocenters. The lowest BCUT2D eigenvalue weighted by Crippen LogP contribution is -2.58. The third-order valence-corrected chi connectivity index (χ3v) is 6.35. The van der Waals surface area contributed by atoms with Crippen LogP contribution < -0.4 is 0 Å². The second-order valence-corrected chi connectivity index (χ2v) is 8.59. The van der Waals surface area contributed by atoms with Crippen LogP contribution in [0.15, 0.2) is 23.8 Å². The molecule has 168 valence electrons. The molecule has 0 amide bonds. The monoisotopic (exact) mass is 434 g/mol. The molecule has 0 aromatic heterocycles. The van der Waals surface area contributed by atoms with E-state index in [0.717, 1.165) is 6.07 Å². The molecule has 4 rings (SSSR count). The summed E-state index contributed by atoms with van der Waals surface area (Å²) >= 11 is 0. The first-order valence-electron chi connectivity index (χ1n) is 10.1. The summed E-state index contributed by atoms with van der Waals surface area (Å²) in [5.74, 6) is -3.62. The molecule has 0 saturated carbocycles. The van der Waals surface area contributed by atoms with Gasteiger partial charge in [-0.25, -0.2) is 4.79 Å². The minimum absolute atomic E-state index is 0.0736. The number of hydrogen-bond donors (Lipinski definition) is 3. The Bertz CT molecular complexity index is 927. The van der Waals surface area contributed by atoms with Gasteiger partial charge < -0.3 is 34.3 Å². The van der Waals surface area contributed by atoms with Crippen LogP contribution in [-0.4, -0.2) is 71.0 Å². The molecule has 9 nitrogen and oxygen atoms in total. The fraction of sp³-hybridized carbons (Fsp3) is 0.545. The van der Waals surface area contributed by atoms with E-state index in [2.05, 4.69) is 0 Å². The Balaban J connectivity index is 1.61. The third-order valence-electron chi connectivity index (χ3n) is 6.35. The first-order valence-corrected chi connectivity index (χ1v) is 10.1. The molecule has 0 radical (unpaired) electrons. The highest BCUT2D eigenvalue weighted by Crippen LogP contribution is 2.46. The summed E-state index contributed by atoms with van der Waals surface area (Å²) in [7, 11) is 1.59. The van der Waals surface area contributed by atoms with Crippen molar-refractivity contribution >= 4 is 11.8 Å². The third kappa shape index (κ3) is 3.71. The van der Waals surface area contributed by atoms with Crippen molar-refractivity contribution in [1.82, 2.24) is 0 Å². The van der Waals surface area contributed by atoms with Gasteiger partial charge in [-0.15, -0.1) is 0 Å². The number of phenols is 2. The van der Waals surface area contributed by atoms with E-state index in [1.807, 2.05) is 0 Å². The number of methoxy groups -OCH3 is 1. The average molecular weight is 434 g/mol. The molecular formula is C22H26O9. The largest absolute Gasteiger partial charge is 0.508 e. The van der Waals surface area contributed by atoms with E-state index >= 15 is 0 Å². The molecule has 9 heteroatoms. The van der Waals surface area contributed by atoms with Crippen LogP contribution in [0.5, 0.6) is 11.5 Å². The number of ether oxygens (including phenoxy) is 4. The van der Waals surface area contributed by atoms with Gasteiger partial charge in [-0.05, 0) is 31.6 Å². The van der Waals surface area contributed by atoms with Gasteiger partial charge in [0.25, 0.3) is 0 Å². The number of rotatable bonds is 3. The molecule has 0 bridgehead atoms. The van der Waals surface area contributed by atoms with Crippen LogP contribution in [0.2, 0.25) is 0 Å². The van der Waals surface area contributed by atoms with Crippen molar-refractivity contribution < 1.29 is 43.9 Å². The molecule has 3 aliphatic rings. The molecule has 1 aromatic carbocycles. The number of ketones is 1. The lowest BCUT2D eigenvalue weighted by molar-refractivity contribution is -0.239. The van der Waals surface area contributed by atoms with Gasteiger partial charge in [0.05, 0.1) is 19.3 Å². The average Bonchev–Trinajstić information content (AvgIpc) is 3.07. The molecular weight excluding hydrogens is 408 g/mol. The maximum atomic E-state index is 12.9. The summed E-state index contributed by atoms with van der Waals surface area (Å²) in [5.41, 5.74) is -1.15. The lowest BCUT2D eigenvalue weighted by Gasteiger charge is -2.46. The maximum absolute atomic E-state index is 12.9. The second-order valence-electron chi connectivity index (χ2n) is 8.59. The molecule has 1 aromatic rings. The quantitative estimate of drug-likeness (QED) is 0.603. The summed E-state index contributed by atoms with van der Waals surface area (Å²) in [6.45, 7) is 3.27. The van der Waals surface area contributed by atoms with E-state index in [1.54, 1.807) is 7.11 Å². The summed E-state index contributed by atoms with van der Waals surface area (Å²) in [4.78, 5) is 25.6. The number of phenolic OH excluding ortho intramolecular Hbond substituents is 2. The Labute approximate surface area is 179 Å². The molecule has 2 aliphatic heterocycles. The fourth-order valence-corrected chi connectivity index (χ4v) is 4.60. The predicted octanol–water partition coefficient (Wildman–Crippen LogP) is 1.36. The van der Waals surface area contributed by atoms with E-state index in [0.29, 0.717) is 24.2 Å². The summed E-state index contributed by atoms with van der Waals surface area (Å²) in [6.07, 6.45) is 0.831. The Morgan fingerprint density at radius 1 is 1.23 bits per heavy atom. The van der Waals surface area contributed by atoms with Gasteiger partial charge in [0.15, 0.2) is 17.2 Å². The smallest absolute Gasteiger partial charge is 0.342 e. The van der Waals surface area contributed by atoms with Gasteiger partial charge in [-0.2, -0.15) is 0 Å². The van der Waals surface area contributed by atoms with Crippen molar-refractivity contribution in [3.63, 3.8) is 0 Å². The number of benzene rings is 1. The topological polar surface area (TPSA) is 132 Å². The summed E-state index contributed by atoms with van der Waals surface area (Å²) in [5, 5.41) is 30.6. The Morgan fingerprint density at radius 2 is 1.94 bits per heavy atom. The fourth-order valence-electron chi connectivity index (χ4n) is 4.60. The zero-order valence-electron chi connectivity index (χ0n) is 17.6. The maximum Gasteiger partial charge on any atom is 0.342 e. The number of esters is 1. The molecule has 31 heavy (non-hydrogen) atoms. The van der Waals surface area contributed by atoms with Crippen molar-refractivity contribution in [2.24, 2.45) is 5.92 Å². The predicted molar refractivity (Wildman–Crippen MR) is 106 cm³/mol. The van der Waals surface area contributed by atoms with Crippen LogP contribution in [-0.2, 0) is 23.7 Å². The number of aryl methyl sites for hydroxylation is 1. The van der Waals surface area contributed by atoms with E-state index in [9.17, 15) is 24.9 Å². The van der Waals surface area contributed by atoms with Crippen molar-refractivity contribution in [3.8, 4) is 11.5 Å². The minimum Gasteiger partial charge on any atom is -0.508 e. The number of aromatic hydroxyl groups is 2. The highest BCUT2D eigenvalue weighted by Gasteiger charge is 2.56. The Morgan fingerprint density at radius 3 is 2.58 bits per heavy atom. The Hall–Kier alpha value is -2.46. The van der Waals surface area contributed by atoms with Crippen molar-refractivity contribution in [2.75, 3.05) is 20.3 Å². The number of carbonyl (C=O) groups is 2. The Kier molecular flexibility index (Phi) is 5.33. The van der Waals surface area contributed by atoms with Gasteiger partial charge in [0.1, 0.15) is 23.2 Å². The molecule has 2 heterocycles. The summed E-state index contributed by atoms with van der Waals surface area (Å²) < 4.78 is 22.8. The van der Waals surface area contributed by atoms with Crippen LogP contribution in [0.1, 0.15) is 35.7 Å². The van der Waals surface area contributed by atoms with Crippen LogP contribution in [0, 0.1) is 12.8 Å². The van der Waals surface area contributed by atoms with E-state index in [-0.39, 0.29) is 30.4 Å². The number of aliphatic hydroxyl groups is 1. The van der Waals surface area contributed by atoms with E-state index in [4.69, 9.17) is 18.9 Å².